The number of primary amides is 1. The molecule has 0 aliphatic carbocycles. The Balaban J connectivity index is 2.16. The number of nitrogens with zero attached hydrogens (tertiary/aromatic N) is 2. The summed E-state index contributed by atoms with van der Waals surface area (Å²) in [5.74, 6) is 0.124. The first-order chi connectivity index (χ1) is 9.49. The van der Waals surface area contributed by atoms with Crippen LogP contribution in [0.4, 0.5) is 5.82 Å². The lowest BCUT2D eigenvalue weighted by atomic mass is 10.1. The molecule has 0 aromatic carbocycles. The summed E-state index contributed by atoms with van der Waals surface area (Å²) in [6.07, 6.45) is 2.37. The van der Waals surface area contributed by atoms with Gasteiger partial charge in [-0.15, -0.1) is 0 Å². The van der Waals surface area contributed by atoms with E-state index >= 15 is 0 Å². The monoisotopic (exact) mass is 309 g/mol. The molecule has 0 saturated heterocycles. The van der Waals surface area contributed by atoms with Gasteiger partial charge in [0.2, 0.25) is 5.91 Å². The van der Waals surface area contributed by atoms with Crippen molar-refractivity contribution in [3.63, 3.8) is 0 Å². The summed E-state index contributed by atoms with van der Waals surface area (Å²) < 4.78 is 0. The Morgan fingerprint density at radius 3 is 2.90 bits per heavy atom. The summed E-state index contributed by atoms with van der Waals surface area (Å²) in [5, 5.41) is 4.63. The van der Waals surface area contributed by atoms with Gasteiger partial charge in [-0.25, -0.2) is 4.98 Å². The van der Waals surface area contributed by atoms with Gasteiger partial charge in [-0.2, -0.15) is 11.3 Å². The summed E-state index contributed by atoms with van der Waals surface area (Å²) >= 11 is 7.87. The molecule has 0 aliphatic rings. The maximum atomic E-state index is 11.1. The van der Waals surface area contributed by atoms with Crippen LogP contribution in [0.25, 0.3) is 0 Å². The van der Waals surface area contributed by atoms with Crippen molar-refractivity contribution in [2.24, 2.45) is 5.73 Å². The number of rotatable bonds is 5. The highest BCUT2D eigenvalue weighted by atomic mass is 35.5. The Hall–Kier alpha value is -1.59. The van der Waals surface area contributed by atoms with E-state index in [4.69, 9.17) is 17.3 Å². The highest BCUT2D eigenvalue weighted by Crippen LogP contribution is 2.25. The fourth-order valence-electron chi connectivity index (χ4n) is 1.92. The maximum Gasteiger partial charge on any atom is 0.250 e. The van der Waals surface area contributed by atoms with Crippen LogP contribution in [0, 0.1) is 0 Å². The van der Waals surface area contributed by atoms with Crippen LogP contribution in [-0.2, 0) is 6.42 Å². The topological polar surface area (TPSA) is 59.2 Å². The normalized spacial score (nSPS) is 12.2. The van der Waals surface area contributed by atoms with Gasteiger partial charge in [-0.05, 0) is 41.8 Å². The number of halogens is 1. The Morgan fingerprint density at radius 2 is 2.35 bits per heavy atom. The molecule has 6 heteroatoms. The van der Waals surface area contributed by atoms with Crippen molar-refractivity contribution in [3.8, 4) is 0 Å². The van der Waals surface area contributed by atoms with Crippen LogP contribution in [0.1, 0.15) is 22.8 Å². The highest BCUT2D eigenvalue weighted by Gasteiger charge is 2.16. The van der Waals surface area contributed by atoms with Gasteiger partial charge in [0, 0.05) is 19.3 Å². The molecule has 2 aromatic rings. The molecule has 2 aromatic heterocycles. The molecule has 2 N–H and O–H groups in total. The van der Waals surface area contributed by atoms with Crippen molar-refractivity contribution in [1.82, 2.24) is 4.98 Å². The minimum Gasteiger partial charge on any atom is -0.366 e. The first-order valence-corrected chi connectivity index (χ1v) is 7.50. The fourth-order valence-corrected chi connectivity index (χ4v) is 2.90. The van der Waals surface area contributed by atoms with E-state index in [0.29, 0.717) is 16.4 Å². The van der Waals surface area contributed by atoms with Crippen molar-refractivity contribution in [1.29, 1.82) is 0 Å². The third-order valence-electron chi connectivity index (χ3n) is 3.21. The van der Waals surface area contributed by atoms with Gasteiger partial charge in [-0.1, -0.05) is 11.6 Å². The molecule has 2 rings (SSSR count). The number of likely N-dealkylation sites (N-methyl/N-ethyl adjacent to an activating group) is 1. The number of nitrogens with two attached hydrogens (primary N) is 1. The molecule has 1 unspecified atom stereocenters. The average Bonchev–Trinajstić information content (AvgIpc) is 2.90. The number of anilines is 1. The Kier molecular flexibility index (Phi) is 4.62. The van der Waals surface area contributed by atoms with Crippen LogP contribution in [0.5, 0.6) is 0 Å². The molecule has 0 radical (unpaired) electrons. The molecule has 1 atom stereocenters. The number of carbonyl (C=O) groups is 1. The van der Waals surface area contributed by atoms with Gasteiger partial charge in [0.1, 0.15) is 5.82 Å². The minimum atomic E-state index is -0.528. The van der Waals surface area contributed by atoms with Crippen molar-refractivity contribution < 1.29 is 4.79 Å². The van der Waals surface area contributed by atoms with Gasteiger partial charge in [0.05, 0.1) is 10.6 Å². The van der Waals surface area contributed by atoms with E-state index < -0.39 is 5.91 Å². The molecule has 0 aliphatic heterocycles. The lowest BCUT2D eigenvalue weighted by molar-refractivity contribution is 0.1000. The molecular formula is C14H16ClN3OS. The fraction of sp³-hybridized carbons (Fsp3) is 0.286. The zero-order valence-corrected chi connectivity index (χ0v) is 12.9. The number of carbonyl (C=O) groups excluding carboxylic acids is 1. The predicted molar refractivity (Wildman–Crippen MR) is 83.7 cm³/mol. The second-order valence-electron chi connectivity index (χ2n) is 4.69. The summed E-state index contributed by atoms with van der Waals surface area (Å²) in [6.45, 7) is 2.11. The Labute approximate surface area is 127 Å². The van der Waals surface area contributed by atoms with E-state index in [-0.39, 0.29) is 6.04 Å². The lowest BCUT2D eigenvalue weighted by Crippen LogP contribution is -2.31. The van der Waals surface area contributed by atoms with Crippen LogP contribution in [0.2, 0.25) is 5.02 Å². The van der Waals surface area contributed by atoms with E-state index in [2.05, 4.69) is 28.7 Å². The van der Waals surface area contributed by atoms with Crippen LogP contribution in [-0.4, -0.2) is 24.0 Å². The standard InChI is InChI=1S/C14H16ClN3OS/c1-9(5-10-3-4-20-8-10)18(2)14-12(15)6-11(7-17-14)13(16)19/h3-4,6-9H,5H2,1-2H3,(H2,16,19). The average molecular weight is 310 g/mol. The molecule has 4 nitrogen and oxygen atoms in total. The Bertz CT molecular complexity index is 600. The van der Waals surface area contributed by atoms with Gasteiger partial charge >= 0.3 is 0 Å². The second kappa shape index (κ2) is 6.24. The smallest absolute Gasteiger partial charge is 0.250 e. The molecule has 106 valence electrons. The number of hydrogen-bond acceptors (Lipinski definition) is 4. The summed E-state index contributed by atoms with van der Waals surface area (Å²) in [7, 11) is 1.94. The summed E-state index contributed by atoms with van der Waals surface area (Å²) in [5.41, 5.74) is 6.82. The maximum absolute atomic E-state index is 11.1. The van der Waals surface area contributed by atoms with Gasteiger partial charge in [0.15, 0.2) is 0 Å². The van der Waals surface area contributed by atoms with E-state index in [0.717, 1.165) is 6.42 Å². The number of hydrogen-bond donors (Lipinski definition) is 1. The first kappa shape index (κ1) is 14.8. The van der Waals surface area contributed by atoms with Crippen LogP contribution in [0.15, 0.2) is 29.1 Å². The molecule has 20 heavy (non-hydrogen) atoms. The van der Waals surface area contributed by atoms with Crippen LogP contribution < -0.4 is 10.6 Å². The minimum absolute atomic E-state index is 0.244. The molecule has 0 spiro atoms. The molecule has 0 saturated carbocycles. The van der Waals surface area contributed by atoms with Gasteiger partial charge in [-0.3, -0.25) is 4.79 Å². The quantitative estimate of drug-likeness (QED) is 0.923. The van der Waals surface area contributed by atoms with E-state index in [1.165, 1.54) is 11.8 Å². The number of pyridine rings is 1. The van der Waals surface area contributed by atoms with Crippen molar-refractivity contribution in [3.05, 3.63) is 45.2 Å². The zero-order valence-electron chi connectivity index (χ0n) is 11.3. The van der Waals surface area contributed by atoms with Crippen molar-refractivity contribution in [2.45, 2.75) is 19.4 Å². The number of aromatic nitrogens is 1. The predicted octanol–water partition coefficient (Wildman–Crippen LogP) is 2.96. The van der Waals surface area contributed by atoms with Gasteiger partial charge in [0.25, 0.3) is 0 Å². The molecule has 2 heterocycles. The van der Waals surface area contributed by atoms with Crippen molar-refractivity contribution in [2.75, 3.05) is 11.9 Å². The van der Waals surface area contributed by atoms with E-state index in [1.54, 1.807) is 17.4 Å². The third-order valence-corrected chi connectivity index (χ3v) is 4.22. The SMILES string of the molecule is CC(Cc1ccsc1)N(C)c1ncc(C(N)=O)cc1Cl. The van der Waals surface area contributed by atoms with E-state index in [1.807, 2.05) is 11.9 Å². The van der Waals surface area contributed by atoms with Crippen LogP contribution >= 0.6 is 22.9 Å². The summed E-state index contributed by atoms with van der Waals surface area (Å²) in [6, 6.07) is 3.91. The van der Waals surface area contributed by atoms with Gasteiger partial charge < -0.3 is 10.6 Å². The van der Waals surface area contributed by atoms with Crippen molar-refractivity contribution >= 4 is 34.7 Å². The first-order valence-electron chi connectivity index (χ1n) is 6.18. The van der Waals surface area contributed by atoms with Crippen LogP contribution in [0.3, 0.4) is 0 Å². The Morgan fingerprint density at radius 1 is 1.60 bits per heavy atom. The number of amides is 1. The summed E-state index contributed by atoms with van der Waals surface area (Å²) in [4.78, 5) is 17.3. The number of thiophene rings is 1. The lowest BCUT2D eigenvalue weighted by Gasteiger charge is -2.26. The third kappa shape index (κ3) is 3.29. The highest BCUT2D eigenvalue weighted by molar-refractivity contribution is 7.07. The molecule has 1 amide bonds. The van der Waals surface area contributed by atoms with E-state index in [9.17, 15) is 4.79 Å². The zero-order chi connectivity index (χ0) is 14.7. The molecular weight excluding hydrogens is 294 g/mol. The largest absolute Gasteiger partial charge is 0.366 e. The molecule has 0 bridgehead atoms. The molecule has 0 fully saturated rings. The second-order valence-corrected chi connectivity index (χ2v) is 5.88.